The van der Waals surface area contributed by atoms with Gasteiger partial charge in [-0.15, -0.1) is 0 Å². The van der Waals surface area contributed by atoms with Gasteiger partial charge in [0.15, 0.2) is 0 Å². The van der Waals surface area contributed by atoms with Crippen LogP contribution in [-0.4, -0.2) is 0 Å². The fourth-order valence-electron chi connectivity index (χ4n) is 16.1. The summed E-state index contributed by atoms with van der Waals surface area (Å²) in [5.74, 6) is 0. The van der Waals surface area contributed by atoms with Crippen molar-refractivity contribution in [3.05, 3.63) is 424 Å². The van der Waals surface area contributed by atoms with Crippen molar-refractivity contribution in [3.63, 3.8) is 0 Å². The summed E-state index contributed by atoms with van der Waals surface area (Å²) in [5.41, 5.74) is 15.8. The Morgan fingerprint density at radius 2 is 0.453 bits per heavy atom. The molecule has 0 atom stereocenters. The third kappa shape index (κ3) is 11.4. The van der Waals surface area contributed by atoms with E-state index in [1.54, 1.807) is 0 Å². The van der Waals surface area contributed by atoms with Crippen molar-refractivity contribution >= 4 is 108 Å². The molecule has 0 amide bonds. The van der Waals surface area contributed by atoms with Gasteiger partial charge in [0.05, 0.1) is 16.4 Å². The van der Waals surface area contributed by atoms with Crippen LogP contribution in [0.5, 0.6) is 0 Å². The molecule has 0 bridgehead atoms. The molecule has 106 heavy (non-hydrogen) atoms. The lowest BCUT2D eigenvalue weighted by Gasteiger charge is -2.19. The monoisotopic (exact) mass is 1350 g/mol. The lowest BCUT2D eigenvalue weighted by Crippen LogP contribution is -1.92. The van der Waals surface area contributed by atoms with Crippen LogP contribution < -0.4 is 0 Å². The fourth-order valence-corrected chi connectivity index (χ4v) is 16.1. The molecule has 0 spiro atoms. The molecule has 0 aromatic heterocycles. The summed E-state index contributed by atoms with van der Waals surface area (Å²) in [6.07, 6.45) is 0. The zero-order chi connectivity index (χ0) is 80.7. The second-order valence-electron chi connectivity index (χ2n) is 26.6. The Morgan fingerprint density at radius 1 is 0.142 bits per heavy atom. The Morgan fingerprint density at radius 3 is 0.915 bits per heavy atom. The van der Waals surface area contributed by atoms with Crippen molar-refractivity contribution in [1.29, 1.82) is 0 Å². The van der Waals surface area contributed by atoms with E-state index in [2.05, 4.69) is 231 Å². The van der Waals surface area contributed by atoms with Crippen molar-refractivity contribution in [2.75, 3.05) is 0 Å². The SMILES string of the molecule is [2H]c1c([2H])c([2H])c(-c2c3ccccc3c(-c3cc(-c4ccccc4)c4ccccc4c3)c3ccccc23)c([2H])c1[2H].[2H]c1c([2H])c([2H])c2c([2H])c(-c3c4ccccc4c(-c4ccccc4)c4ccccc34)c([2H])c([2H])c2c1[2H].c1ccc(-c2c3ccccc3c(-c3ccc4c(-c5cccc6ccccc56)cccc4c3)c3ccccc23)cc1. The van der Waals surface area contributed by atoms with Gasteiger partial charge in [0, 0.05) is 0 Å². The number of benzene rings is 21. The molecule has 0 N–H and O–H groups in total. The average Bonchev–Trinajstić information content (AvgIpc) is 0.722. The molecule has 0 heteroatoms. The largest absolute Gasteiger partial charge is 0.0636 e. The molecule has 0 saturated carbocycles. The normalized spacial score (nSPS) is 13.0. The molecular weight excluding hydrogens is 1270 g/mol. The maximum atomic E-state index is 9.14. The van der Waals surface area contributed by atoms with Crippen LogP contribution in [0, 0.1) is 0 Å². The van der Waals surface area contributed by atoms with Crippen molar-refractivity contribution in [1.82, 2.24) is 0 Å². The molecule has 21 rings (SSSR count). The van der Waals surface area contributed by atoms with E-state index < -0.39 is 24.2 Å². The first-order valence-electron chi connectivity index (χ1n) is 41.7. The molecule has 0 saturated heterocycles. The second kappa shape index (κ2) is 27.5. The molecule has 21 aromatic rings. The Balaban J connectivity index is 0.000000118. The first-order chi connectivity index (χ1) is 57.6. The Hall–Kier alpha value is -13.8. The molecule has 0 heterocycles. The van der Waals surface area contributed by atoms with Crippen LogP contribution in [0.4, 0.5) is 0 Å². The molecule has 21 aromatic carbocycles. The van der Waals surface area contributed by atoms with E-state index in [1.165, 1.54) is 81.9 Å². The van der Waals surface area contributed by atoms with Crippen molar-refractivity contribution in [3.8, 4) is 89.0 Å². The highest BCUT2D eigenvalue weighted by Crippen LogP contribution is 2.49. The topological polar surface area (TPSA) is 0 Å². The average molecular weight is 1360 g/mol. The van der Waals surface area contributed by atoms with Crippen LogP contribution in [0.1, 0.15) is 16.4 Å². The van der Waals surface area contributed by atoms with E-state index in [0.29, 0.717) is 11.1 Å². The minimum absolute atomic E-state index is 0.0395. The number of fused-ring (bicyclic) bond motifs is 10. The second-order valence-corrected chi connectivity index (χ2v) is 26.6. The number of hydrogen-bond donors (Lipinski definition) is 0. The summed E-state index contributed by atoms with van der Waals surface area (Å²) in [5, 5.41) is 19.5. The molecule has 494 valence electrons. The third-order valence-electron chi connectivity index (χ3n) is 20.7. The van der Waals surface area contributed by atoms with Crippen molar-refractivity contribution in [2.24, 2.45) is 0 Å². The van der Waals surface area contributed by atoms with Crippen LogP contribution in [-0.2, 0) is 0 Å². The van der Waals surface area contributed by atoms with Gasteiger partial charge in [0.2, 0.25) is 0 Å². The lowest BCUT2D eigenvalue weighted by molar-refractivity contribution is 1.64. The molecule has 0 aliphatic rings. The summed E-state index contributed by atoms with van der Waals surface area (Å²) in [7, 11) is 0. The highest BCUT2D eigenvalue weighted by molar-refractivity contribution is 6.25. The van der Waals surface area contributed by atoms with Crippen LogP contribution in [0.15, 0.2) is 424 Å². The van der Waals surface area contributed by atoms with Gasteiger partial charge < -0.3 is 0 Å². The highest BCUT2D eigenvalue weighted by Gasteiger charge is 2.22. The predicted molar refractivity (Wildman–Crippen MR) is 458 cm³/mol. The predicted octanol–water partition coefficient (Wildman–Crippen LogP) is 29.9. The minimum atomic E-state index is -0.472. The lowest BCUT2D eigenvalue weighted by atomic mass is 9.84. The first-order valence-corrected chi connectivity index (χ1v) is 35.7. The molecule has 0 radical (unpaired) electrons. The summed E-state index contributed by atoms with van der Waals surface area (Å²) < 4.78 is 102. The Kier molecular flexibility index (Phi) is 13.3. The number of rotatable bonds is 8. The fraction of sp³-hybridized carbons (Fsp3) is 0. The van der Waals surface area contributed by atoms with E-state index in [9.17, 15) is 0 Å². The quantitative estimate of drug-likeness (QED) is 0.133. The van der Waals surface area contributed by atoms with Crippen LogP contribution in [0.25, 0.3) is 197 Å². The molecule has 0 aliphatic carbocycles. The van der Waals surface area contributed by atoms with Gasteiger partial charge in [-0.2, -0.15) is 0 Å². The molecule has 0 nitrogen and oxygen atoms in total. The summed E-state index contributed by atoms with van der Waals surface area (Å²) in [4.78, 5) is 0. The third-order valence-corrected chi connectivity index (χ3v) is 20.7. The van der Waals surface area contributed by atoms with Gasteiger partial charge in [-0.1, -0.05) is 400 Å². The summed E-state index contributed by atoms with van der Waals surface area (Å²) >= 11 is 0. The molecular formula is C106H70. The van der Waals surface area contributed by atoms with E-state index >= 15 is 0 Å². The van der Waals surface area contributed by atoms with E-state index in [-0.39, 0.29) is 70.2 Å². The van der Waals surface area contributed by atoms with E-state index in [0.717, 1.165) is 81.9 Å². The van der Waals surface area contributed by atoms with Gasteiger partial charge in [-0.25, -0.2) is 0 Å². The van der Waals surface area contributed by atoms with Gasteiger partial charge in [0.1, 0.15) is 0 Å². The van der Waals surface area contributed by atoms with Gasteiger partial charge in [-0.05, 0) is 221 Å². The maximum absolute atomic E-state index is 9.14. The van der Waals surface area contributed by atoms with Gasteiger partial charge in [-0.3, -0.25) is 0 Å². The maximum Gasteiger partial charge on any atom is 0.0636 e. The molecule has 0 unspecified atom stereocenters. The highest BCUT2D eigenvalue weighted by atomic mass is 14.2. The van der Waals surface area contributed by atoms with Crippen LogP contribution in [0.3, 0.4) is 0 Å². The standard InChI is InChI=1S/C40H26.C36H24.C30H20/c1-2-13-28(14-3-1)39-35-18-6-8-20-37(35)40(38-21-9-7-19-36(38)39)30-24-25-32-29(26-30)16-11-23-34(32)33-22-10-15-27-12-4-5-17-31(27)33;1-3-13-25(14-4-1)34-24-28(23-27-17-7-8-18-29(27)34)36-32-21-11-9-19-30(32)35(26-15-5-2-6-16-26)31-20-10-12-22-33(31)36;1-2-11-22(12-3-1)29-25-14-6-8-16-27(25)30(28-17-9-7-15-26(28)29)24-19-18-21-10-4-5-13-23(21)20-24/h1-26H;1-24H;1-20H/i;2D,5D,6D,15D,16D;4D,5D,10D,13D,18D,19D,20D. The zero-order valence-electron chi connectivity index (χ0n) is 69.5. The first kappa shape index (κ1) is 51.4. The van der Waals surface area contributed by atoms with Gasteiger partial charge in [0.25, 0.3) is 0 Å². The van der Waals surface area contributed by atoms with E-state index in [4.69, 9.17) is 16.4 Å². The van der Waals surface area contributed by atoms with Crippen LogP contribution in [0.2, 0.25) is 0 Å². The van der Waals surface area contributed by atoms with Gasteiger partial charge >= 0.3 is 0 Å². The van der Waals surface area contributed by atoms with Crippen molar-refractivity contribution in [2.45, 2.75) is 0 Å². The van der Waals surface area contributed by atoms with Crippen LogP contribution >= 0.6 is 0 Å². The van der Waals surface area contributed by atoms with Crippen molar-refractivity contribution < 1.29 is 16.4 Å². The minimum Gasteiger partial charge on any atom is -0.0622 e. The smallest absolute Gasteiger partial charge is 0.0622 e. The summed E-state index contributed by atoms with van der Waals surface area (Å²) in [6, 6.07) is 118. The Labute approximate surface area is 634 Å². The summed E-state index contributed by atoms with van der Waals surface area (Å²) in [6.45, 7) is 0. The zero-order valence-corrected chi connectivity index (χ0v) is 57.5. The van der Waals surface area contributed by atoms with E-state index in [1.807, 2.05) is 121 Å². The molecule has 0 aliphatic heterocycles. The number of hydrogen-bond acceptors (Lipinski definition) is 0. The molecule has 0 fully saturated rings. The Bertz CT molecular complexity index is 7490.